The smallest absolute Gasteiger partial charge is 0.0147 e. The highest BCUT2D eigenvalue weighted by atomic mass is 15.8. The standard InChI is InChI=1S/C10H22N4/c1-2-4-10-5-8-14(9-6-10)13-12-11-7-3-1/h10-13H,1-9H2. The van der Waals surface area contributed by atoms with E-state index in [1.165, 1.54) is 51.6 Å². The number of fused-ring (bicyclic) bond motifs is 9. The van der Waals surface area contributed by atoms with Crippen molar-refractivity contribution in [2.45, 2.75) is 38.5 Å². The summed E-state index contributed by atoms with van der Waals surface area (Å²) in [5, 5.41) is 2.27. The number of hydrogen-bond acceptors (Lipinski definition) is 4. The molecule has 0 unspecified atom stereocenters. The average Bonchev–Trinajstić information content (AvgIpc) is 2.20. The van der Waals surface area contributed by atoms with Gasteiger partial charge in [-0.3, -0.25) is 0 Å². The first kappa shape index (κ1) is 10.4. The van der Waals surface area contributed by atoms with Gasteiger partial charge in [-0.1, -0.05) is 19.3 Å². The molecule has 3 fully saturated rings. The number of rotatable bonds is 0. The third-order valence-electron chi connectivity index (χ3n) is 3.33. The summed E-state index contributed by atoms with van der Waals surface area (Å²) in [6.07, 6.45) is 8.22. The first-order valence-electron chi connectivity index (χ1n) is 5.93. The van der Waals surface area contributed by atoms with Crippen LogP contribution in [0.5, 0.6) is 0 Å². The fourth-order valence-corrected chi connectivity index (χ4v) is 2.34. The van der Waals surface area contributed by atoms with Crippen LogP contribution >= 0.6 is 0 Å². The van der Waals surface area contributed by atoms with Crippen LogP contribution in [0.4, 0.5) is 0 Å². The number of nitrogens with one attached hydrogen (secondary N) is 3. The Morgan fingerprint density at radius 3 is 2.64 bits per heavy atom. The zero-order chi connectivity index (χ0) is 9.64. The van der Waals surface area contributed by atoms with Crippen molar-refractivity contribution in [3.05, 3.63) is 0 Å². The molecule has 3 N–H and O–H groups in total. The maximum Gasteiger partial charge on any atom is 0.0147 e. The van der Waals surface area contributed by atoms with E-state index in [0.717, 1.165) is 12.5 Å². The lowest BCUT2D eigenvalue weighted by molar-refractivity contribution is 0.0827. The van der Waals surface area contributed by atoms with Crippen LogP contribution in [-0.2, 0) is 0 Å². The van der Waals surface area contributed by atoms with E-state index in [1.807, 2.05) is 0 Å². The van der Waals surface area contributed by atoms with E-state index in [0.29, 0.717) is 0 Å². The van der Waals surface area contributed by atoms with E-state index in [-0.39, 0.29) is 0 Å². The first-order chi connectivity index (χ1) is 6.95. The summed E-state index contributed by atoms with van der Waals surface area (Å²) >= 11 is 0. The second-order valence-electron chi connectivity index (χ2n) is 4.44. The zero-order valence-electron chi connectivity index (χ0n) is 8.89. The Morgan fingerprint density at radius 2 is 1.79 bits per heavy atom. The van der Waals surface area contributed by atoms with Gasteiger partial charge in [-0.25, -0.2) is 10.4 Å². The van der Waals surface area contributed by atoms with Gasteiger partial charge in [0, 0.05) is 19.6 Å². The summed E-state index contributed by atoms with van der Waals surface area (Å²) in [4.78, 5) is 0. The molecule has 3 heterocycles. The number of piperidine rings is 1. The minimum Gasteiger partial charge on any atom is -0.243 e. The number of hydrazine groups is 3. The van der Waals surface area contributed by atoms with E-state index >= 15 is 0 Å². The summed E-state index contributed by atoms with van der Waals surface area (Å²) in [6, 6.07) is 0. The molecule has 0 spiro atoms. The van der Waals surface area contributed by atoms with E-state index in [2.05, 4.69) is 21.5 Å². The van der Waals surface area contributed by atoms with E-state index in [9.17, 15) is 0 Å². The molecule has 0 aromatic carbocycles. The molecule has 3 rings (SSSR count). The summed E-state index contributed by atoms with van der Waals surface area (Å²) < 4.78 is 0. The van der Waals surface area contributed by atoms with Crippen LogP contribution in [0.3, 0.4) is 0 Å². The Bertz CT molecular complexity index is 131. The van der Waals surface area contributed by atoms with Crippen LogP contribution < -0.4 is 16.5 Å². The summed E-state index contributed by atoms with van der Waals surface area (Å²) in [7, 11) is 0. The molecule has 0 atom stereocenters. The topological polar surface area (TPSA) is 39.3 Å². The molecule has 4 heteroatoms. The van der Waals surface area contributed by atoms with Gasteiger partial charge in [-0.05, 0) is 25.2 Å². The van der Waals surface area contributed by atoms with Crippen molar-refractivity contribution in [1.29, 1.82) is 0 Å². The van der Waals surface area contributed by atoms with Gasteiger partial charge in [0.1, 0.15) is 0 Å². The molecule has 3 aliphatic rings. The third-order valence-corrected chi connectivity index (χ3v) is 3.33. The highest BCUT2D eigenvalue weighted by molar-refractivity contribution is 4.70. The maximum atomic E-state index is 3.20. The molecule has 2 bridgehead atoms. The second-order valence-corrected chi connectivity index (χ2v) is 4.44. The zero-order valence-corrected chi connectivity index (χ0v) is 8.89. The van der Waals surface area contributed by atoms with Crippen LogP contribution in [0.25, 0.3) is 0 Å². The van der Waals surface area contributed by atoms with Gasteiger partial charge >= 0.3 is 0 Å². The Morgan fingerprint density at radius 1 is 0.929 bits per heavy atom. The molecule has 4 nitrogen and oxygen atoms in total. The minimum atomic E-state index is 0.987. The molecule has 14 heavy (non-hydrogen) atoms. The molecule has 82 valence electrons. The lowest BCUT2D eigenvalue weighted by Gasteiger charge is -2.32. The highest BCUT2D eigenvalue weighted by Gasteiger charge is 2.18. The van der Waals surface area contributed by atoms with Crippen molar-refractivity contribution >= 4 is 0 Å². The van der Waals surface area contributed by atoms with Gasteiger partial charge < -0.3 is 0 Å². The van der Waals surface area contributed by atoms with Gasteiger partial charge in [0.2, 0.25) is 0 Å². The Balaban J connectivity index is 1.78. The van der Waals surface area contributed by atoms with Crippen molar-refractivity contribution in [2.75, 3.05) is 19.6 Å². The third kappa shape index (κ3) is 3.20. The average molecular weight is 198 g/mol. The summed E-state index contributed by atoms with van der Waals surface area (Å²) in [5.41, 5.74) is 9.43. The highest BCUT2D eigenvalue weighted by Crippen LogP contribution is 2.21. The number of nitrogens with zero attached hydrogens (tertiary/aromatic N) is 1. The predicted molar refractivity (Wildman–Crippen MR) is 57.0 cm³/mol. The SMILES string of the molecule is C1CCNNNN2CCC(CC1)CC2. The van der Waals surface area contributed by atoms with E-state index in [4.69, 9.17) is 0 Å². The van der Waals surface area contributed by atoms with Gasteiger partial charge in [0.15, 0.2) is 0 Å². The second kappa shape index (κ2) is 5.66. The molecule has 0 radical (unpaired) electrons. The molecule has 0 aromatic rings. The first-order valence-corrected chi connectivity index (χ1v) is 5.93. The molecule has 0 amide bonds. The molecule has 3 saturated heterocycles. The van der Waals surface area contributed by atoms with Crippen molar-refractivity contribution in [2.24, 2.45) is 5.92 Å². The monoisotopic (exact) mass is 198 g/mol. The van der Waals surface area contributed by atoms with Gasteiger partial charge in [0.05, 0.1) is 0 Å². The van der Waals surface area contributed by atoms with Crippen molar-refractivity contribution in [1.82, 2.24) is 21.5 Å². The Kier molecular flexibility index (Phi) is 4.19. The molecule has 0 saturated carbocycles. The molecule has 0 aromatic heterocycles. The number of hydrogen-bond donors (Lipinski definition) is 3. The van der Waals surface area contributed by atoms with Gasteiger partial charge in [-0.2, -0.15) is 11.1 Å². The van der Waals surface area contributed by atoms with Crippen LogP contribution in [0.2, 0.25) is 0 Å². The van der Waals surface area contributed by atoms with Crippen LogP contribution in [0, 0.1) is 5.92 Å². The van der Waals surface area contributed by atoms with Crippen LogP contribution in [0.1, 0.15) is 38.5 Å². The quantitative estimate of drug-likeness (QED) is 0.538. The van der Waals surface area contributed by atoms with Crippen molar-refractivity contribution in [3.63, 3.8) is 0 Å². The van der Waals surface area contributed by atoms with Crippen molar-refractivity contribution < 1.29 is 0 Å². The lowest BCUT2D eigenvalue weighted by atomic mass is 9.92. The van der Waals surface area contributed by atoms with Gasteiger partial charge in [0.25, 0.3) is 0 Å². The Labute approximate surface area is 86.3 Å². The van der Waals surface area contributed by atoms with Crippen molar-refractivity contribution in [3.8, 4) is 0 Å². The Hall–Kier alpha value is -0.160. The van der Waals surface area contributed by atoms with E-state index < -0.39 is 0 Å². The van der Waals surface area contributed by atoms with E-state index in [1.54, 1.807) is 0 Å². The lowest BCUT2D eigenvalue weighted by Crippen LogP contribution is -2.55. The molecular formula is C10H22N4. The molecular weight excluding hydrogens is 176 g/mol. The predicted octanol–water partition coefficient (Wildman–Crippen LogP) is 0.786. The molecule has 0 aliphatic carbocycles. The van der Waals surface area contributed by atoms with Crippen LogP contribution in [-0.4, -0.2) is 24.6 Å². The minimum absolute atomic E-state index is 0.987. The fraction of sp³-hybridized carbons (Fsp3) is 1.00. The van der Waals surface area contributed by atoms with Crippen LogP contribution in [0.15, 0.2) is 0 Å². The normalized spacial score (nSPS) is 36.0. The summed E-state index contributed by atoms with van der Waals surface area (Å²) in [5.74, 6) is 0.987. The molecule has 3 aliphatic heterocycles. The largest absolute Gasteiger partial charge is 0.243 e. The maximum absolute atomic E-state index is 3.20. The summed E-state index contributed by atoms with van der Waals surface area (Å²) in [6.45, 7) is 3.42. The fourth-order valence-electron chi connectivity index (χ4n) is 2.34. The van der Waals surface area contributed by atoms with Gasteiger partial charge in [-0.15, -0.1) is 0 Å².